The first-order valence-electron chi connectivity index (χ1n) is 7.77. The van der Waals surface area contributed by atoms with E-state index in [1.54, 1.807) is 0 Å². The average Bonchev–Trinajstić information content (AvgIpc) is 2.54. The fraction of sp³-hybridized carbons (Fsp3) is 0.263. The predicted molar refractivity (Wildman–Crippen MR) is 94.5 cm³/mol. The van der Waals surface area contributed by atoms with E-state index in [-0.39, 0.29) is 5.91 Å². The van der Waals surface area contributed by atoms with Crippen LogP contribution in [0.5, 0.6) is 0 Å². The molecule has 4 heteroatoms. The van der Waals surface area contributed by atoms with Crippen molar-refractivity contribution < 1.29 is 4.79 Å². The second kappa shape index (κ2) is 6.97. The lowest BCUT2D eigenvalue weighted by molar-refractivity contribution is -0.120. The van der Waals surface area contributed by atoms with Gasteiger partial charge in [0, 0.05) is 17.3 Å². The SMILES string of the molecule is Cc1ccc2c(c1)CCC(CC(=O)NCc1ccc(Cl)cc1)=N2. The van der Waals surface area contributed by atoms with Crippen molar-refractivity contribution in [1.82, 2.24) is 5.32 Å². The van der Waals surface area contributed by atoms with Gasteiger partial charge in [-0.15, -0.1) is 0 Å². The highest BCUT2D eigenvalue weighted by Gasteiger charge is 2.14. The van der Waals surface area contributed by atoms with Crippen molar-refractivity contribution in [1.29, 1.82) is 0 Å². The van der Waals surface area contributed by atoms with E-state index in [0.717, 1.165) is 29.8 Å². The van der Waals surface area contributed by atoms with Gasteiger partial charge in [-0.2, -0.15) is 0 Å². The maximum atomic E-state index is 12.1. The summed E-state index contributed by atoms with van der Waals surface area (Å²) in [6, 6.07) is 13.8. The molecule has 1 aliphatic rings. The number of nitrogens with one attached hydrogen (secondary N) is 1. The number of carbonyl (C=O) groups excluding carboxylic acids is 1. The van der Waals surface area contributed by atoms with Crippen LogP contribution in [0.15, 0.2) is 47.5 Å². The Morgan fingerprint density at radius 2 is 1.96 bits per heavy atom. The fourth-order valence-electron chi connectivity index (χ4n) is 2.71. The number of amides is 1. The number of carbonyl (C=O) groups is 1. The van der Waals surface area contributed by atoms with Gasteiger partial charge in [-0.1, -0.05) is 41.4 Å². The molecule has 0 radical (unpaired) electrons. The third kappa shape index (κ3) is 4.20. The second-order valence-corrected chi connectivity index (χ2v) is 6.33. The van der Waals surface area contributed by atoms with Crippen LogP contribution in [0.1, 0.15) is 29.5 Å². The Bertz CT molecular complexity index is 750. The van der Waals surface area contributed by atoms with Gasteiger partial charge in [0.1, 0.15) is 0 Å². The lowest BCUT2D eigenvalue weighted by Crippen LogP contribution is -2.25. The van der Waals surface area contributed by atoms with Gasteiger partial charge in [0.2, 0.25) is 5.91 Å². The molecule has 0 unspecified atom stereocenters. The summed E-state index contributed by atoms with van der Waals surface area (Å²) in [4.78, 5) is 16.7. The minimum absolute atomic E-state index is 0.00858. The number of rotatable bonds is 4. The standard InChI is InChI=1S/C19H19ClN2O/c1-13-2-9-18-15(10-13)5-8-17(22-18)11-19(23)21-12-14-3-6-16(20)7-4-14/h2-4,6-7,9-10H,5,8,11-12H2,1H3,(H,21,23). The number of halogens is 1. The third-order valence-corrected chi connectivity index (χ3v) is 4.22. The molecule has 1 aliphatic heterocycles. The maximum absolute atomic E-state index is 12.1. The summed E-state index contributed by atoms with van der Waals surface area (Å²) in [6.07, 6.45) is 2.17. The number of aryl methyl sites for hydroxylation is 2. The normalized spacial score (nSPS) is 13.2. The third-order valence-electron chi connectivity index (χ3n) is 3.96. The summed E-state index contributed by atoms with van der Waals surface area (Å²) >= 11 is 5.85. The number of fused-ring (bicyclic) bond motifs is 1. The Morgan fingerprint density at radius 1 is 1.17 bits per heavy atom. The van der Waals surface area contributed by atoms with Gasteiger partial charge >= 0.3 is 0 Å². The predicted octanol–water partition coefficient (Wildman–Crippen LogP) is 4.37. The highest BCUT2D eigenvalue weighted by Crippen LogP contribution is 2.27. The number of benzene rings is 2. The largest absolute Gasteiger partial charge is 0.352 e. The highest BCUT2D eigenvalue weighted by molar-refractivity contribution is 6.30. The van der Waals surface area contributed by atoms with Gasteiger partial charge in [-0.25, -0.2) is 0 Å². The van der Waals surface area contributed by atoms with Gasteiger partial charge in [0.05, 0.1) is 12.1 Å². The maximum Gasteiger partial charge on any atom is 0.225 e. The second-order valence-electron chi connectivity index (χ2n) is 5.89. The van der Waals surface area contributed by atoms with Crippen LogP contribution in [-0.2, 0) is 17.8 Å². The van der Waals surface area contributed by atoms with Crippen LogP contribution < -0.4 is 5.32 Å². The van der Waals surface area contributed by atoms with Crippen molar-refractivity contribution in [2.24, 2.45) is 4.99 Å². The highest BCUT2D eigenvalue weighted by atomic mass is 35.5. The summed E-state index contributed by atoms with van der Waals surface area (Å²) in [6.45, 7) is 2.60. The molecule has 0 bridgehead atoms. The summed E-state index contributed by atoms with van der Waals surface area (Å²) in [7, 11) is 0. The summed E-state index contributed by atoms with van der Waals surface area (Å²) in [5.41, 5.74) is 5.52. The van der Waals surface area contributed by atoms with Gasteiger partial charge in [0.15, 0.2) is 0 Å². The Hall–Kier alpha value is -2.13. The molecule has 0 fully saturated rings. The van der Waals surface area contributed by atoms with E-state index in [0.29, 0.717) is 18.0 Å². The molecule has 2 aromatic carbocycles. The van der Waals surface area contributed by atoms with E-state index in [2.05, 4.69) is 29.4 Å². The van der Waals surface area contributed by atoms with Crippen LogP contribution >= 0.6 is 11.6 Å². The minimum atomic E-state index is 0.00858. The van der Waals surface area contributed by atoms with Gasteiger partial charge in [-0.3, -0.25) is 9.79 Å². The molecule has 1 N–H and O–H groups in total. The molecule has 0 saturated heterocycles. The summed E-state index contributed by atoms with van der Waals surface area (Å²) in [5.74, 6) is 0.00858. The van der Waals surface area contributed by atoms with Gasteiger partial charge in [-0.05, 0) is 49.1 Å². The molecular weight excluding hydrogens is 308 g/mol. The first kappa shape index (κ1) is 15.8. The molecule has 0 atom stereocenters. The Kier molecular flexibility index (Phi) is 4.77. The monoisotopic (exact) mass is 326 g/mol. The van der Waals surface area contributed by atoms with E-state index in [1.807, 2.05) is 30.3 Å². The molecule has 0 aromatic heterocycles. The molecule has 118 valence electrons. The quantitative estimate of drug-likeness (QED) is 0.890. The van der Waals surface area contributed by atoms with E-state index in [1.165, 1.54) is 11.1 Å². The Morgan fingerprint density at radius 3 is 2.74 bits per heavy atom. The molecule has 0 saturated carbocycles. The van der Waals surface area contributed by atoms with E-state index in [9.17, 15) is 4.79 Å². The summed E-state index contributed by atoms with van der Waals surface area (Å²) in [5, 5.41) is 3.64. The Balaban J connectivity index is 1.58. The van der Waals surface area contributed by atoms with Crippen molar-refractivity contribution in [3.05, 3.63) is 64.2 Å². The average molecular weight is 327 g/mol. The van der Waals surface area contributed by atoms with Crippen LogP contribution in [0, 0.1) is 6.92 Å². The zero-order valence-corrected chi connectivity index (χ0v) is 13.9. The molecule has 3 rings (SSSR count). The van der Waals surface area contributed by atoms with Crippen molar-refractivity contribution >= 4 is 28.9 Å². The topological polar surface area (TPSA) is 41.5 Å². The number of nitrogens with zero attached hydrogens (tertiary/aromatic N) is 1. The lowest BCUT2D eigenvalue weighted by atomic mass is 9.98. The fourth-order valence-corrected chi connectivity index (χ4v) is 2.83. The first-order chi connectivity index (χ1) is 11.1. The van der Waals surface area contributed by atoms with Crippen LogP contribution in [-0.4, -0.2) is 11.6 Å². The Labute approximate surface area is 141 Å². The zero-order chi connectivity index (χ0) is 16.2. The van der Waals surface area contributed by atoms with Crippen molar-refractivity contribution in [2.45, 2.75) is 32.7 Å². The van der Waals surface area contributed by atoms with Crippen molar-refractivity contribution in [3.8, 4) is 0 Å². The van der Waals surface area contributed by atoms with Crippen LogP contribution in [0.3, 0.4) is 0 Å². The van der Waals surface area contributed by atoms with Crippen molar-refractivity contribution in [3.63, 3.8) is 0 Å². The van der Waals surface area contributed by atoms with Crippen LogP contribution in [0.2, 0.25) is 5.02 Å². The van der Waals surface area contributed by atoms with Gasteiger partial charge in [0.25, 0.3) is 0 Å². The van der Waals surface area contributed by atoms with Crippen molar-refractivity contribution in [2.75, 3.05) is 0 Å². The molecular formula is C19H19ClN2O. The van der Waals surface area contributed by atoms with E-state index >= 15 is 0 Å². The molecule has 2 aromatic rings. The molecule has 1 heterocycles. The van der Waals surface area contributed by atoms with E-state index < -0.39 is 0 Å². The van der Waals surface area contributed by atoms with Crippen LogP contribution in [0.4, 0.5) is 5.69 Å². The molecule has 0 aliphatic carbocycles. The molecule has 1 amide bonds. The molecule has 23 heavy (non-hydrogen) atoms. The minimum Gasteiger partial charge on any atom is -0.352 e. The first-order valence-corrected chi connectivity index (χ1v) is 8.15. The number of hydrogen-bond acceptors (Lipinski definition) is 2. The van der Waals surface area contributed by atoms with Crippen LogP contribution in [0.25, 0.3) is 0 Å². The van der Waals surface area contributed by atoms with E-state index in [4.69, 9.17) is 11.6 Å². The van der Waals surface area contributed by atoms with Gasteiger partial charge < -0.3 is 5.32 Å². The zero-order valence-electron chi connectivity index (χ0n) is 13.1. The number of aliphatic imine (C=N–C) groups is 1. The number of hydrogen-bond donors (Lipinski definition) is 1. The lowest BCUT2D eigenvalue weighted by Gasteiger charge is -2.16. The summed E-state index contributed by atoms with van der Waals surface area (Å²) < 4.78 is 0. The smallest absolute Gasteiger partial charge is 0.225 e. The molecule has 3 nitrogen and oxygen atoms in total. The molecule has 0 spiro atoms.